The lowest BCUT2D eigenvalue weighted by atomic mass is 9.93. The van der Waals surface area contributed by atoms with Gasteiger partial charge in [0.1, 0.15) is 0 Å². The van der Waals surface area contributed by atoms with Crippen LogP contribution >= 0.6 is 0 Å². The Balaban J connectivity index is 1.56. The second-order valence-corrected chi connectivity index (χ2v) is 6.16. The molecular formula is C16H20N2. The standard InChI is InChI=1S/C16H20N2/c1-2-15(11-13-3-8-17-12-14(1)13)18-9-6-16(4-5-16)7-10-18/h1-2,11-12H,3-10H2. The first kappa shape index (κ1) is 10.6. The second kappa shape index (κ2) is 3.84. The first-order chi connectivity index (χ1) is 8.85. The average molecular weight is 240 g/mol. The third kappa shape index (κ3) is 1.75. The van der Waals surface area contributed by atoms with Gasteiger partial charge in [-0.2, -0.15) is 0 Å². The van der Waals surface area contributed by atoms with E-state index in [1.165, 1.54) is 55.6 Å². The molecule has 4 rings (SSSR count). The van der Waals surface area contributed by atoms with E-state index in [1.807, 2.05) is 6.21 Å². The van der Waals surface area contributed by atoms with Crippen LogP contribution in [-0.4, -0.2) is 25.8 Å². The summed E-state index contributed by atoms with van der Waals surface area (Å²) < 4.78 is 0. The summed E-state index contributed by atoms with van der Waals surface area (Å²) >= 11 is 0. The zero-order chi connectivity index (χ0) is 12.0. The van der Waals surface area contributed by atoms with Crippen molar-refractivity contribution in [2.45, 2.75) is 32.1 Å². The normalized spacial score (nSPS) is 24.1. The Morgan fingerprint density at radius 1 is 1.06 bits per heavy atom. The minimum atomic E-state index is 0.775. The molecule has 1 saturated carbocycles. The molecule has 0 bridgehead atoms. The van der Waals surface area contributed by atoms with Gasteiger partial charge in [-0.25, -0.2) is 0 Å². The van der Waals surface area contributed by atoms with E-state index in [-0.39, 0.29) is 0 Å². The number of hydrogen-bond donors (Lipinski definition) is 0. The van der Waals surface area contributed by atoms with Crippen LogP contribution in [0.15, 0.2) is 23.2 Å². The summed E-state index contributed by atoms with van der Waals surface area (Å²) in [4.78, 5) is 6.93. The molecule has 2 nitrogen and oxygen atoms in total. The summed E-state index contributed by atoms with van der Waals surface area (Å²) in [5.41, 5.74) is 5.01. The lowest BCUT2D eigenvalue weighted by Gasteiger charge is -2.34. The Labute approximate surface area is 109 Å². The Bertz CT molecular complexity index is 490. The fourth-order valence-electron chi connectivity index (χ4n) is 3.40. The highest BCUT2D eigenvalue weighted by Crippen LogP contribution is 2.53. The molecule has 1 saturated heterocycles. The minimum absolute atomic E-state index is 0.775. The molecule has 2 aliphatic heterocycles. The Kier molecular flexibility index (Phi) is 2.26. The van der Waals surface area contributed by atoms with E-state index < -0.39 is 0 Å². The van der Waals surface area contributed by atoms with Crippen molar-refractivity contribution >= 4 is 11.9 Å². The van der Waals surface area contributed by atoms with Gasteiger partial charge in [-0.1, -0.05) is 6.07 Å². The number of aliphatic imine (C=N–C) groups is 1. The van der Waals surface area contributed by atoms with Gasteiger partial charge in [-0.3, -0.25) is 4.99 Å². The molecule has 2 heterocycles. The maximum absolute atomic E-state index is 4.35. The average Bonchev–Trinajstić information content (AvgIpc) is 3.19. The van der Waals surface area contributed by atoms with Gasteiger partial charge in [0.25, 0.3) is 0 Å². The van der Waals surface area contributed by atoms with Gasteiger partial charge >= 0.3 is 0 Å². The highest BCUT2D eigenvalue weighted by molar-refractivity contribution is 5.83. The lowest BCUT2D eigenvalue weighted by molar-refractivity contribution is 0.384. The Morgan fingerprint density at radius 3 is 2.67 bits per heavy atom. The van der Waals surface area contributed by atoms with Gasteiger partial charge < -0.3 is 4.90 Å². The molecular weight excluding hydrogens is 220 g/mol. The van der Waals surface area contributed by atoms with Gasteiger partial charge in [-0.05, 0) is 60.8 Å². The van der Waals surface area contributed by atoms with Gasteiger partial charge in [0, 0.05) is 31.5 Å². The van der Waals surface area contributed by atoms with Gasteiger partial charge in [-0.15, -0.1) is 0 Å². The third-order valence-corrected chi connectivity index (χ3v) is 5.01. The van der Waals surface area contributed by atoms with Crippen LogP contribution in [0.25, 0.3) is 0 Å². The minimum Gasteiger partial charge on any atom is -0.371 e. The number of rotatable bonds is 1. The molecule has 3 aliphatic rings. The molecule has 1 aliphatic carbocycles. The fraction of sp³-hybridized carbons (Fsp3) is 0.562. The van der Waals surface area contributed by atoms with Crippen molar-refractivity contribution in [3.63, 3.8) is 0 Å². The molecule has 0 radical (unpaired) electrons. The van der Waals surface area contributed by atoms with E-state index in [9.17, 15) is 0 Å². The van der Waals surface area contributed by atoms with Crippen LogP contribution in [0.1, 0.15) is 36.8 Å². The van der Waals surface area contributed by atoms with Gasteiger partial charge in [0.05, 0.1) is 0 Å². The van der Waals surface area contributed by atoms with Gasteiger partial charge in [0.15, 0.2) is 0 Å². The number of hydrogen-bond acceptors (Lipinski definition) is 2. The maximum Gasteiger partial charge on any atom is 0.0430 e. The monoisotopic (exact) mass is 240 g/mol. The SMILES string of the molecule is C1=NCCc2cc(N3CCC4(CC3)CC4)ccc21. The van der Waals surface area contributed by atoms with Crippen LogP contribution in [0.4, 0.5) is 5.69 Å². The molecule has 94 valence electrons. The van der Waals surface area contributed by atoms with Crippen molar-refractivity contribution in [2.24, 2.45) is 10.4 Å². The van der Waals surface area contributed by atoms with Crippen molar-refractivity contribution in [3.8, 4) is 0 Å². The molecule has 0 amide bonds. The number of nitrogens with zero attached hydrogens (tertiary/aromatic N) is 2. The largest absolute Gasteiger partial charge is 0.371 e. The van der Waals surface area contributed by atoms with Crippen molar-refractivity contribution in [1.82, 2.24) is 0 Å². The molecule has 2 fully saturated rings. The molecule has 1 aromatic carbocycles. The molecule has 0 atom stereocenters. The van der Waals surface area contributed by atoms with Crippen LogP contribution in [0.2, 0.25) is 0 Å². The molecule has 18 heavy (non-hydrogen) atoms. The molecule has 0 N–H and O–H groups in total. The van der Waals surface area contributed by atoms with Crippen LogP contribution in [-0.2, 0) is 6.42 Å². The van der Waals surface area contributed by atoms with E-state index in [4.69, 9.17) is 0 Å². The quantitative estimate of drug-likeness (QED) is 0.736. The van der Waals surface area contributed by atoms with Gasteiger partial charge in [0.2, 0.25) is 0 Å². The van der Waals surface area contributed by atoms with Crippen molar-refractivity contribution in [1.29, 1.82) is 0 Å². The summed E-state index contributed by atoms with van der Waals surface area (Å²) in [6.07, 6.45) is 8.93. The summed E-state index contributed by atoms with van der Waals surface area (Å²) in [5.74, 6) is 0. The van der Waals surface area contributed by atoms with E-state index in [2.05, 4.69) is 28.1 Å². The molecule has 1 spiro atoms. The lowest BCUT2D eigenvalue weighted by Crippen LogP contribution is -2.34. The van der Waals surface area contributed by atoms with Crippen molar-refractivity contribution < 1.29 is 0 Å². The molecule has 0 aromatic heterocycles. The summed E-state index contributed by atoms with van der Waals surface area (Å²) in [5, 5.41) is 0. The summed E-state index contributed by atoms with van der Waals surface area (Å²) in [6.45, 7) is 3.47. The Hall–Kier alpha value is -1.31. The molecule has 1 aromatic rings. The van der Waals surface area contributed by atoms with Crippen molar-refractivity contribution in [2.75, 3.05) is 24.5 Å². The Morgan fingerprint density at radius 2 is 1.89 bits per heavy atom. The first-order valence-electron chi connectivity index (χ1n) is 7.22. The zero-order valence-electron chi connectivity index (χ0n) is 10.9. The van der Waals surface area contributed by atoms with Crippen LogP contribution in [0.3, 0.4) is 0 Å². The number of anilines is 1. The highest BCUT2D eigenvalue weighted by Gasteiger charge is 2.44. The van der Waals surface area contributed by atoms with E-state index in [0.29, 0.717) is 0 Å². The summed E-state index contributed by atoms with van der Waals surface area (Å²) in [6, 6.07) is 6.92. The number of fused-ring (bicyclic) bond motifs is 1. The van der Waals surface area contributed by atoms with Crippen molar-refractivity contribution in [3.05, 3.63) is 29.3 Å². The maximum atomic E-state index is 4.35. The van der Waals surface area contributed by atoms with Crippen LogP contribution < -0.4 is 4.90 Å². The smallest absolute Gasteiger partial charge is 0.0430 e. The molecule has 0 unspecified atom stereocenters. The third-order valence-electron chi connectivity index (χ3n) is 5.01. The van der Waals surface area contributed by atoms with Crippen LogP contribution in [0, 0.1) is 5.41 Å². The van der Waals surface area contributed by atoms with E-state index in [1.54, 1.807) is 0 Å². The topological polar surface area (TPSA) is 15.6 Å². The number of piperidine rings is 1. The molecule has 2 heteroatoms. The van der Waals surface area contributed by atoms with Crippen LogP contribution in [0.5, 0.6) is 0 Å². The predicted molar refractivity (Wildman–Crippen MR) is 75.7 cm³/mol. The number of benzene rings is 1. The van der Waals surface area contributed by atoms with E-state index in [0.717, 1.165) is 18.4 Å². The predicted octanol–water partition coefficient (Wildman–Crippen LogP) is 3.04. The van der Waals surface area contributed by atoms with E-state index >= 15 is 0 Å². The zero-order valence-corrected chi connectivity index (χ0v) is 10.9. The summed E-state index contributed by atoms with van der Waals surface area (Å²) in [7, 11) is 0. The first-order valence-corrected chi connectivity index (χ1v) is 7.22. The second-order valence-electron chi connectivity index (χ2n) is 6.16. The fourth-order valence-corrected chi connectivity index (χ4v) is 3.40. The highest BCUT2D eigenvalue weighted by atomic mass is 15.1.